The Labute approximate surface area is 182 Å². The van der Waals surface area contributed by atoms with Gasteiger partial charge in [0.15, 0.2) is 0 Å². The molecule has 1 aliphatic rings. The quantitative estimate of drug-likeness (QED) is 0.550. The summed E-state index contributed by atoms with van der Waals surface area (Å²) in [6.07, 6.45) is -0.951. The molecule has 11 heteroatoms. The molecule has 31 heavy (non-hydrogen) atoms. The van der Waals surface area contributed by atoms with Gasteiger partial charge in [0, 0.05) is 32.6 Å². The minimum atomic E-state index is -3.58. The van der Waals surface area contributed by atoms with Crippen LogP contribution in [0.2, 0.25) is 0 Å². The number of rotatable bonds is 7. The predicted octanol–water partition coefficient (Wildman–Crippen LogP) is 0.814. The monoisotopic (exact) mass is 452 g/mol. The maximum Gasteiger partial charge on any atom is 0.408 e. The molecule has 1 aromatic carbocycles. The van der Waals surface area contributed by atoms with Crippen LogP contribution in [0.25, 0.3) is 0 Å². The maximum atomic E-state index is 12.7. The molecule has 1 atom stereocenters. The molecule has 1 amide bonds. The van der Waals surface area contributed by atoms with Crippen LogP contribution in [0.5, 0.6) is 0 Å². The number of nitriles is 1. The van der Waals surface area contributed by atoms with E-state index in [1.54, 1.807) is 26.8 Å². The van der Waals surface area contributed by atoms with Crippen LogP contribution in [-0.4, -0.2) is 67.7 Å². The van der Waals surface area contributed by atoms with Gasteiger partial charge in [-0.15, -0.1) is 0 Å². The van der Waals surface area contributed by atoms with Crippen LogP contribution in [-0.2, 0) is 31.7 Å². The molecule has 1 aromatic rings. The van der Waals surface area contributed by atoms with Crippen molar-refractivity contribution < 1.29 is 27.9 Å². The Kier molecular flexibility index (Phi) is 8.00. The van der Waals surface area contributed by atoms with Crippen molar-refractivity contribution >= 4 is 22.1 Å². The number of carbonyl (C=O) groups is 2. The van der Waals surface area contributed by atoms with E-state index < -0.39 is 33.7 Å². The Hall–Kier alpha value is -2.68. The fraction of sp³-hybridized carbons (Fsp3) is 0.550. The Bertz CT molecular complexity index is 959. The standard InChI is InChI=1S/C20H28N4O6S/c1-20(2,3)30-19(27)23-17(18(25)26)11-14-4-5-15(16(10-14)12-21)13-31(28,29)24-8-6-22-7-9-24/h4-5,10,17,22H,6-9,11,13H2,1-3H3,(H,23,27)(H,25,26)/t17-/m0/s1. The number of carbonyl (C=O) groups excluding carboxylic acids is 1. The summed E-state index contributed by atoms with van der Waals surface area (Å²) in [5.41, 5.74) is 0.191. The van der Waals surface area contributed by atoms with Crippen LogP contribution in [0.4, 0.5) is 4.79 Å². The Morgan fingerprint density at radius 1 is 1.32 bits per heavy atom. The first-order valence-corrected chi connectivity index (χ1v) is 11.4. The molecule has 0 unspecified atom stereocenters. The smallest absolute Gasteiger partial charge is 0.408 e. The summed E-state index contributed by atoms with van der Waals surface area (Å²) >= 11 is 0. The van der Waals surface area contributed by atoms with Crippen LogP contribution < -0.4 is 10.6 Å². The van der Waals surface area contributed by atoms with Crippen LogP contribution in [0.3, 0.4) is 0 Å². The Morgan fingerprint density at radius 3 is 2.52 bits per heavy atom. The van der Waals surface area contributed by atoms with E-state index in [4.69, 9.17) is 4.74 Å². The lowest BCUT2D eigenvalue weighted by Crippen LogP contribution is -2.46. The van der Waals surface area contributed by atoms with Gasteiger partial charge in [0.1, 0.15) is 11.6 Å². The largest absolute Gasteiger partial charge is 0.480 e. The summed E-state index contributed by atoms with van der Waals surface area (Å²) in [6.45, 7) is 6.88. The van der Waals surface area contributed by atoms with Crippen molar-refractivity contribution in [3.8, 4) is 6.07 Å². The van der Waals surface area contributed by atoms with Crippen LogP contribution in [0.1, 0.15) is 37.5 Å². The Morgan fingerprint density at radius 2 is 1.97 bits per heavy atom. The van der Waals surface area contributed by atoms with E-state index in [-0.39, 0.29) is 17.7 Å². The first-order valence-electron chi connectivity index (χ1n) is 9.84. The number of aliphatic carboxylic acids is 1. The molecule has 1 saturated heterocycles. The highest BCUT2D eigenvalue weighted by Crippen LogP contribution is 2.18. The molecule has 0 radical (unpaired) electrons. The number of nitrogens with zero attached hydrogens (tertiary/aromatic N) is 2. The second-order valence-electron chi connectivity index (χ2n) is 8.25. The van der Waals surface area contributed by atoms with Gasteiger partial charge >= 0.3 is 12.1 Å². The van der Waals surface area contributed by atoms with Crippen LogP contribution >= 0.6 is 0 Å². The molecule has 0 spiro atoms. The van der Waals surface area contributed by atoms with Gasteiger partial charge in [-0.3, -0.25) is 0 Å². The van der Waals surface area contributed by atoms with E-state index in [0.29, 0.717) is 37.3 Å². The van der Waals surface area contributed by atoms with Gasteiger partial charge in [-0.2, -0.15) is 9.57 Å². The number of hydrogen-bond acceptors (Lipinski definition) is 7. The van der Waals surface area contributed by atoms with E-state index in [0.717, 1.165) is 0 Å². The highest BCUT2D eigenvalue weighted by atomic mass is 32.2. The number of carboxylic acids is 1. The molecule has 1 aliphatic heterocycles. The number of nitrogens with one attached hydrogen (secondary N) is 2. The Balaban J connectivity index is 2.15. The van der Waals surface area contributed by atoms with E-state index in [1.807, 2.05) is 6.07 Å². The van der Waals surface area contributed by atoms with E-state index in [9.17, 15) is 28.4 Å². The van der Waals surface area contributed by atoms with Crippen molar-refractivity contribution in [1.29, 1.82) is 5.26 Å². The third kappa shape index (κ3) is 7.50. The number of carboxylic acid groups (broad SMARTS) is 1. The molecule has 0 bridgehead atoms. The molecule has 1 fully saturated rings. The number of alkyl carbamates (subject to hydrolysis) is 1. The highest BCUT2D eigenvalue weighted by Gasteiger charge is 2.27. The summed E-state index contributed by atoms with van der Waals surface area (Å²) in [7, 11) is -3.58. The fourth-order valence-electron chi connectivity index (χ4n) is 3.08. The minimum Gasteiger partial charge on any atom is -0.480 e. The number of amides is 1. The molecular formula is C20H28N4O6S. The maximum absolute atomic E-state index is 12.7. The first kappa shape index (κ1) is 24.6. The second kappa shape index (κ2) is 10.1. The second-order valence-corrected chi connectivity index (χ2v) is 10.2. The SMILES string of the molecule is CC(C)(C)OC(=O)N[C@@H](Cc1ccc(CS(=O)(=O)N2CCNCC2)c(C#N)c1)C(=O)O. The third-order valence-corrected chi connectivity index (χ3v) is 6.36. The van der Waals surface area contributed by atoms with Crippen molar-refractivity contribution in [2.75, 3.05) is 26.2 Å². The molecule has 170 valence electrons. The molecule has 1 heterocycles. The lowest BCUT2D eigenvalue weighted by molar-refractivity contribution is -0.139. The van der Waals surface area contributed by atoms with Gasteiger partial charge in [0.2, 0.25) is 10.0 Å². The van der Waals surface area contributed by atoms with E-state index in [1.165, 1.54) is 16.4 Å². The lowest BCUT2D eigenvalue weighted by atomic mass is 10.0. The van der Waals surface area contributed by atoms with Crippen LogP contribution in [0.15, 0.2) is 18.2 Å². The first-order chi connectivity index (χ1) is 14.4. The molecule has 10 nitrogen and oxygen atoms in total. The zero-order valence-electron chi connectivity index (χ0n) is 17.8. The zero-order valence-corrected chi connectivity index (χ0v) is 18.7. The fourth-order valence-corrected chi connectivity index (χ4v) is 4.64. The van der Waals surface area contributed by atoms with Crippen molar-refractivity contribution in [2.45, 2.75) is 44.6 Å². The van der Waals surface area contributed by atoms with Gasteiger partial charge in [0.05, 0.1) is 17.4 Å². The predicted molar refractivity (Wildman–Crippen MR) is 113 cm³/mol. The number of hydrogen-bond donors (Lipinski definition) is 3. The van der Waals surface area contributed by atoms with Gasteiger partial charge in [-0.1, -0.05) is 12.1 Å². The minimum absolute atomic E-state index is 0.0892. The van der Waals surface area contributed by atoms with Gasteiger partial charge < -0.3 is 20.5 Å². The third-order valence-electron chi connectivity index (χ3n) is 4.53. The molecule has 0 saturated carbocycles. The highest BCUT2D eigenvalue weighted by molar-refractivity contribution is 7.88. The van der Waals surface area contributed by atoms with Crippen molar-refractivity contribution in [2.24, 2.45) is 0 Å². The summed E-state index contributed by atoms with van der Waals surface area (Å²) < 4.78 is 31.8. The van der Waals surface area contributed by atoms with E-state index in [2.05, 4.69) is 10.6 Å². The number of sulfonamides is 1. The summed E-state index contributed by atoms with van der Waals surface area (Å²) in [5.74, 6) is -1.57. The van der Waals surface area contributed by atoms with Crippen molar-refractivity contribution in [3.63, 3.8) is 0 Å². The lowest BCUT2D eigenvalue weighted by Gasteiger charge is -2.26. The molecule has 2 rings (SSSR count). The molecular weight excluding hydrogens is 424 g/mol. The van der Waals surface area contributed by atoms with E-state index >= 15 is 0 Å². The molecule has 3 N–H and O–H groups in total. The normalized spacial score (nSPS) is 16.2. The van der Waals surface area contributed by atoms with Gasteiger partial charge in [0.25, 0.3) is 0 Å². The van der Waals surface area contributed by atoms with Crippen LogP contribution in [0, 0.1) is 11.3 Å². The topological polar surface area (TPSA) is 149 Å². The number of ether oxygens (including phenoxy) is 1. The van der Waals surface area contributed by atoms with Crippen molar-refractivity contribution in [1.82, 2.24) is 14.9 Å². The summed E-state index contributed by atoms with van der Waals surface area (Å²) in [6, 6.07) is 5.25. The number of piperazine rings is 1. The molecule has 0 aliphatic carbocycles. The molecule has 0 aromatic heterocycles. The summed E-state index contributed by atoms with van der Waals surface area (Å²) in [4.78, 5) is 23.5. The average molecular weight is 453 g/mol. The summed E-state index contributed by atoms with van der Waals surface area (Å²) in [5, 5.41) is 24.3. The van der Waals surface area contributed by atoms with Gasteiger partial charge in [-0.05, 0) is 38.0 Å². The average Bonchev–Trinajstić information content (AvgIpc) is 2.67. The number of benzene rings is 1. The zero-order chi connectivity index (χ0) is 23.2. The van der Waals surface area contributed by atoms with Gasteiger partial charge in [-0.25, -0.2) is 18.0 Å². The van der Waals surface area contributed by atoms with Crippen molar-refractivity contribution in [3.05, 3.63) is 34.9 Å².